The van der Waals surface area contributed by atoms with Gasteiger partial charge in [-0.2, -0.15) is 18.3 Å². The van der Waals surface area contributed by atoms with Crippen molar-refractivity contribution in [1.29, 1.82) is 0 Å². The Labute approximate surface area is 155 Å². The molecule has 1 amide bonds. The van der Waals surface area contributed by atoms with Crippen molar-refractivity contribution < 1.29 is 27.1 Å². The minimum atomic E-state index is -4.54. The lowest BCUT2D eigenvalue weighted by atomic mass is 10.2. The fourth-order valence-electron chi connectivity index (χ4n) is 2.40. The predicted molar refractivity (Wildman–Crippen MR) is 91.7 cm³/mol. The summed E-state index contributed by atoms with van der Waals surface area (Å²) in [4.78, 5) is 15.9. The number of alkyl halides is 3. The minimum Gasteiger partial charge on any atom is -0.494 e. The van der Waals surface area contributed by atoms with Crippen LogP contribution in [0.15, 0.2) is 42.7 Å². The van der Waals surface area contributed by atoms with Gasteiger partial charge in [-0.25, -0.2) is 14.1 Å². The number of nitrogens with two attached hydrogens (primary N) is 1. The maximum Gasteiger partial charge on any atom is 0.417 e. The van der Waals surface area contributed by atoms with Crippen molar-refractivity contribution in [3.63, 3.8) is 0 Å². The highest BCUT2D eigenvalue weighted by atomic mass is 19.4. The summed E-state index contributed by atoms with van der Waals surface area (Å²) in [6.45, 7) is 0. The molecule has 0 saturated heterocycles. The van der Waals surface area contributed by atoms with E-state index in [0.29, 0.717) is 6.20 Å². The lowest BCUT2D eigenvalue weighted by Gasteiger charge is -2.11. The van der Waals surface area contributed by atoms with Gasteiger partial charge in [0.1, 0.15) is 28.6 Å². The number of nitrogen functional groups attached to an aromatic ring is 1. The van der Waals surface area contributed by atoms with Crippen LogP contribution in [0.1, 0.15) is 15.9 Å². The van der Waals surface area contributed by atoms with E-state index < -0.39 is 23.5 Å². The van der Waals surface area contributed by atoms with Crippen LogP contribution >= 0.6 is 0 Å². The molecule has 1 aromatic carbocycles. The van der Waals surface area contributed by atoms with Crippen molar-refractivity contribution in [2.45, 2.75) is 6.18 Å². The van der Waals surface area contributed by atoms with Crippen molar-refractivity contribution in [2.24, 2.45) is 0 Å². The minimum absolute atomic E-state index is 0.0887. The number of hydrogen-bond acceptors (Lipinski definition) is 5. The van der Waals surface area contributed by atoms with Crippen LogP contribution in [0.4, 0.5) is 29.2 Å². The van der Waals surface area contributed by atoms with Gasteiger partial charge >= 0.3 is 6.18 Å². The number of rotatable bonds is 4. The molecule has 28 heavy (non-hydrogen) atoms. The first-order chi connectivity index (χ1) is 13.2. The van der Waals surface area contributed by atoms with Crippen LogP contribution in [-0.2, 0) is 6.18 Å². The van der Waals surface area contributed by atoms with Crippen LogP contribution in [-0.4, -0.2) is 27.8 Å². The highest BCUT2D eigenvalue weighted by Crippen LogP contribution is 2.30. The summed E-state index contributed by atoms with van der Waals surface area (Å²) < 4.78 is 58.0. The van der Waals surface area contributed by atoms with E-state index in [1.54, 1.807) is 0 Å². The fraction of sp³-hybridized carbons (Fsp3) is 0.118. The quantitative estimate of drug-likeness (QED) is 0.661. The number of amides is 1. The van der Waals surface area contributed by atoms with Gasteiger partial charge in [-0.15, -0.1) is 0 Å². The predicted octanol–water partition coefficient (Wildman–Crippen LogP) is 3.27. The molecule has 11 heteroatoms. The SMILES string of the molecule is COc1cccc(F)c1-n1ncc(C(=O)Nc2ccc(C(F)(F)F)cn2)c1N. The van der Waals surface area contributed by atoms with E-state index in [2.05, 4.69) is 15.4 Å². The number of halogens is 4. The molecule has 0 aliphatic carbocycles. The first kappa shape index (κ1) is 19.1. The Hall–Kier alpha value is -3.63. The number of nitrogens with one attached hydrogen (secondary N) is 1. The number of benzene rings is 1. The first-order valence-corrected chi connectivity index (χ1v) is 7.73. The third-order valence-corrected chi connectivity index (χ3v) is 3.76. The van der Waals surface area contributed by atoms with Crippen molar-refractivity contribution in [2.75, 3.05) is 18.2 Å². The van der Waals surface area contributed by atoms with Crippen LogP contribution < -0.4 is 15.8 Å². The number of anilines is 2. The van der Waals surface area contributed by atoms with Gasteiger partial charge in [-0.1, -0.05) is 6.07 Å². The Balaban J connectivity index is 1.87. The van der Waals surface area contributed by atoms with Crippen LogP contribution in [0.5, 0.6) is 5.75 Å². The average Bonchev–Trinajstić information content (AvgIpc) is 3.02. The zero-order valence-corrected chi connectivity index (χ0v) is 14.3. The molecule has 0 fully saturated rings. The zero-order chi connectivity index (χ0) is 20.5. The molecule has 2 heterocycles. The molecule has 7 nitrogen and oxygen atoms in total. The lowest BCUT2D eigenvalue weighted by Crippen LogP contribution is -2.15. The first-order valence-electron chi connectivity index (χ1n) is 7.73. The molecule has 0 saturated carbocycles. The van der Waals surface area contributed by atoms with Crippen LogP contribution in [0, 0.1) is 5.82 Å². The molecule has 0 spiro atoms. The summed E-state index contributed by atoms with van der Waals surface area (Å²) in [7, 11) is 1.34. The summed E-state index contributed by atoms with van der Waals surface area (Å²) in [5.41, 5.74) is 4.75. The number of methoxy groups -OCH3 is 1. The Morgan fingerprint density at radius 2 is 1.96 bits per heavy atom. The molecular formula is C17H13F4N5O2. The Kier molecular flexibility index (Phi) is 4.91. The molecule has 3 N–H and O–H groups in total. The third kappa shape index (κ3) is 3.59. The van der Waals surface area contributed by atoms with E-state index in [-0.39, 0.29) is 28.6 Å². The second-order valence-electron chi connectivity index (χ2n) is 5.53. The molecular weight excluding hydrogens is 382 g/mol. The molecule has 3 aromatic rings. The maximum atomic E-state index is 14.2. The lowest BCUT2D eigenvalue weighted by molar-refractivity contribution is -0.137. The Morgan fingerprint density at radius 3 is 2.57 bits per heavy atom. The van der Waals surface area contributed by atoms with E-state index in [4.69, 9.17) is 10.5 Å². The Bertz CT molecular complexity index is 1020. The number of hydrogen-bond donors (Lipinski definition) is 2. The van der Waals surface area contributed by atoms with Gasteiger partial charge in [0.05, 0.1) is 18.9 Å². The van der Waals surface area contributed by atoms with Crippen LogP contribution in [0.3, 0.4) is 0 Å². The summed E-state index contributed by atoms with van der Waals surface area (Å²) in [5, 5.41) is 6.22. The number of nitrogens with zero attached hydrogens (tertiary/aromatic N) is 3. The normalized spacial score (nSPS) is 11.3. The molecule has 146 valence electrons. The van der Waals surface area contributed by atoms with E-state index >= 15 is 0 Å². The summed E-state index contributed by atoms with van der Waals surface area (Å²) >= 11 is 0. The molecule has 0 bridgehead atoms. The van der Waals surface area contributed by atoms with Crippen molar-refractivity contribution in [1.82, 2.24) is 14.8 Å². The highest BCUT2D eigenvalue weighted by molar-refractivity contribution is 6.06. The van der Waals surface area contributed by atoms with E-state index in [1.807, 2.05) is 0 Å². The topological polar surface area (TPSA) is 95.1 Å². The number of aromatic nitrogens is 3. The number of carbonyl (C=O) groups is 1. The van der Waals surface area contributed by atoms with Gasteiger partial charge in [0.2, 0.25) is 0 Å². The van der Waals surface area contributed by atoms with Crippen LogP contribution in [0.2, 0.25) is 0 Å². The van der Waals surface area contributed by atoms with Crippen LogP contribution in [0.25, 0.3) is 5.69 Å². The molecule has 0 radical (unpaired) electrons. The second kappa shape index (κ2) is 7.18. The number of carbonyl (C=O) groups excluding carboxylic acids is 1. The van der Waals surface area contributed by atoms with Crippen molar-refractivity contribution >= 4 is 17.5 Å². The fourth-order valence-corrected chi connectivity index (χ4v) is 2.40. The smallest absolute Gasteiger partial charge is 0.417 e. The molecule has 0 aliphatic heterocycles. The zero-order valence-electron chi connectivity index (χ0n) is 14.3. The molecule has 0 aliphatic rings. The second-order valence-corrected chi connectivity index (χ2v) is 5.53. The number of ether oxygens (including phenoxy) is 1. The number of pyridine rings is 1. The highest BCUT2D eigenvalue weighted by Gasteiger charge is 2.30. The van der Waals surface area contributed by atoms with Gasteiger partial charge < -0.3 is 15.8 Å². The monoisotopic (exact) mass is 395 g/mol. The summed E-state index contributed by atoms with van der Waals surface area (Å²) in [5.74, 6) is -1.61. The van der Waals surface area contributed by atoms with E-state index in [0.717, 1.165) is 23.0 Å². The molecule has 2 aromatic heterocycles. The van der Waals surface area contributed by atoms with Crippen molar-refractivity contribution in [3.05, 3.63) is 59.7 Å². The molecule has 0 unspecified atom stereocenters. The molecule has 3 rings (SSSR count). The Morgan fingerprint density at radius 1 is 1.21 bits per heavy atom. The van der Waals surface area contributed by atoms with Crippen molar-refractivity contribution in [3.8, 4) is 11.4 Å². The third-order valence-electron chi connectivity index (χ3n) is 3.76. The summed E-state index contributed by atoms with van der Waals surface area (Å²) in [6, 6.07) is 5.87. The maximum absolute atomic E-state index is 14.2. The van der Waals surface area contributed by atoms with E-state index in [9.17, 15) is 22.4 Å². The van der Waals surface area contributed by atoms with E-state index in [1.165, 1.54) is 25.3 Å². The average molecular weight is 395 g/mol. The summed E-state index contributed by atoms with van der Waals surface area (Å²) in [6.07, 6.45) is -2.85. The van der Waals surface area contributed by atoms with Gasteiger partial charge in [-0.3, -0.25) is 4.79 Å². The molecule has 0 atom stereocenters. The van der Waals surface area contributed by atoms with Gasteiger partial charge in [0.15, 0.2) is 5.82 Å². The van der Waals surface area contributed by atoms with Gasteiger partial charge in [-0.05, 0) is 24.3 Å². The van der Waals surface area contributed by atoms with Gasteiger partial charge in [0.25, 0.3) is 5.91 Å². The number of para-hydroxylation sites is 1. The largest absolute Gasteiger partial charge is 0.494 e. The van der Waals surface area contributed by atoms with Gasteiger partial charge in [0, 0.05) is 6.20 Å². The standard InChI is InChI=1S/C17H13F4N5O2/c1-28-12-4-2-3-11(18)14(12)26-15(22)10(8-24-26)16(27)25-13-6-5-9(7-23-13)17(19,20)21/h2-8H,22H2,1H3,(H,23,25,27).